The van der Waals surface area contributed by atoms with Crippen LogP contribution in [0.2, 0.25) is 0 Å². The van der Waals surface area contributed by atoms with Gasteiger partial charge >= 0.3 is 6.03 Å². The summed E-state index contributed by atoms with van der Waals surface area (Å²) in [4.78, 5) is 27.6. The molecule has 1 unspecified atom stereocenters. The predicted octanol–water partition coefficient (Wildman–Crippen LogP) is 4.13. The summed E-state index contributed by atoms with van der Waals surface area (Å²) in [6.45, 7) is 4.13. The second-order valence-electron chi connectivity index (χ2n) is 10.5. The van der Waals surface area contributed by atoms with Crippen molar-refractivity contribution in [2.75, 3.05) is 38.7 Å². The molecule has 216 valence electrons. The van der Waals surface area contributed by atoms with E-state index in [1.54, 1.807) is 37.2 Å². The van der Waals surface area contributed by atoms with E-state index in [9.17, 15) is 18.4 Å². The number of anilines is 1. The second-order valence-corrected chi connectivity index (χ2v) is 10.5. The number of allylic oxidation sites excluding steroid dienone is 4. The molecule has 0 radical (unpaired) electrons. The molecule has 3 aromatic rings. The Kier molecular flexibility index (Phi) is 8.46. The van der Waals surface area contributed by atoms with Crippen LogP contribution in [0, 0.1) is 18.6 Å². The molecule has 3 heterocycles. The number of nitrogens with zero attached hydrogens (tertiary/aromatic N) is 4. The highest BCUT2D eigenvalue weighted by atomic mass is 19.2. The number of aromatic nitrogens is 3. The van der Waals surface area contributed by atoms with Crippen molar-refractivity contribution < 1.29 is 18.3 Å². The number of nitrogens with one attached hydrogen (secondary N) is 2. The zero-order valence-electron chi connectivity index (χ0n) is 23.3. The van der Waals surface area contributed by atoms with Crippen LogP contribution in [0.4, 0.5) is 19.4 Å². The SMILES string of the molecule is COCCN1C[C@@H](NC(=O)Nc2c(C)c(-c3ccc(=O)n(C)c3)nn2C2C=CC=CC2)[C@H](c2ccc(F)c(F)c2)C1. The minimum Gasteiger partial charge on any atom is -0.383 e. The van der Waals surface area contributed by atoms with Crippen molar-refractivity contribution >= 4 is 11.8 Å². The van der Waals surface area contributed by atoms with Crippen LogP contribution in [-0.2, 0) is 11.8 Å². The molecule has 1 aromatic carbocycles. The van der Waals surface area contributed by atoms with Crippen molar-refractivity contribution in [3.05, 3.63) is 93.9 Å². The van der Waals surface area contributed by atoms with Gasteiger partial charge in [0.1, 0.15) is 5.82 Å². The highest BCUT2D eigenvalue weighted by molar-refractivity contribution is 5.90. The van der Waals surface area contributed by atoms with E-state index < -0.39 is 17.7 Å². The number of rotatable bonds is 8. The van der Waals surface area contributed by atoms with Crippen LogP contribution in [0.25, 0.3) is 11.3 Å². The summed E-state index contributed by atoms with van der Waals surface area (Å²) in [5, 5.41) is 10.9. The van der Waals surface area contributed by atoms with Crippen molar-refractivity contribution in [1.29, 1.82) is 0 Å². The zero-order valence-corrected chi connectivity index (χ0v) is 23.3. The van der Waals surface area contributed by atoms with Gasteiger partial charge in [-0.05, 0) is 37.1 Å². The van der Waals surface area contributed by atoms with Gasteiger partial charge in [0.05, 0.1) is 24.4 Å². The highest BCUT2D eigenvalue weighted by Gasteiger charge is 2.35. The Labute approximate surface area is 237 Å². The van der Waals surface area contributed by atoms with Crippen LogP contribution in [0.3, 0.4) is 0 Å². The van der Waals surface area contributed by atoms with E-state index in [2.05, 4.69) is 15.5 Å². The maximum absolute atomic E-state index is 14.1. The molecule has 1 aliphatic carbocycles. The minimum atomic E-state index is -0.916. The first kappa shape index (κ1) is 28.4. The molecule has 1 aliphatic heterocycles. The minimum absolute atomic E-state index is 0.110. The number of hydrogen-bond donors (Lipinski definition) is 2. The molecule has 5 rings (SSSR count). The lowest BCUT2D eigenvalue weighted by atomic mass is 9.94. The van der Waals surface area contributed by atoms with Crippen LogP contribution >= 0.6 is 0 Å². The maximum atomic E-state index is 14.1. The van der Waals surface area contributed by atoms with Gasteiger partial charge in [-0.1, -0.05) is 30.4 Å². The molecule has 2 N–H and O–H groups in total. The Morgan fingerprint density at radius 3 is 2.68 bits per heavy atom. The molecule has 0 saturated carbocycles. The molecule has 11 heteroatoms. The number of pyridine rings is 1. The van der Waals surface area contributed by atoms with Gasteiger partial charge in [-0.25, -0.2) is 18.3 Å². The molecular weight excluding hydrogens is 530 g/mol. The van der Waals surface area contributed by atoms with Crippen molar-refractivity contribution in [3.8, 4) is 11.3 Å². The standard InChI is InChI=1S/C30H34F2N6O3/c1-19-28(21-10-12-27(39)36(2)16-21)35-38(22-7-5-4-6-8-22)29(19)34-30(40)33-26-18-37(13-14-41-3)17-23(26)20-9-11-24(31)25(32)15-20/h4-7,9-12,15-16,22-23,26H,8,13-14,17-18H2,1-3H3,(H2,33,34,40)/t22?,23-,26+/m0/s1. The van der Waals surface area contributed by atoms with E-state index in [1.165, 1.54) is 16.7 Å². The maximum Gasteiger partial charge on any atom is 0.320 e. The molecule has 1 fully saturated rings. The number of halogens is 2. The molecular formula is C30H34F2N6O3. The first-order valence-electron chi connectivity index (χ1n) is 13.6. The fourth-order valence-corrected chi connectivity index (χ4v) is 5.49. The van der Waals surface area contributed by atoms with E-state index >= 15 is 0 Å². The highest BCUT2D eigenvalue weighted by Crippen LogP contribution is 2.33. The van der Waals surface area contributed by atoms with E-state index in [0.717, 1.165) is 17.2 Å². The van der Waals surface area contributed by atoms with Gasteiger partial charge in [-0.15, -0.1) is 0 Å². The molecule has 1 saturated heterocycles. The Bertz CT molecular complexity index is 1550. The van der Waals surface area contributed by atoms with E-state index in [0.29, 0.717) is 49.7 Å². The monoisotopic (exact) mass is 564 g/mol. The summed E-state index contributed by atoms with van der Waals surface area (Å²) in [7, 11) is 3.30. The molecule has 9 nitrogen and oxygen atoms in total. The largest absolute Gasteiger partial charge is 0.383 e. The van der Waals surface area contributed by atoms with Gasteiger partial charge < -0.3 is 14.6 Å². The van der Waals surface area contributed by atoms with E-state index in [-0.39, 0.29) is 23.6 Å². The summed E-state index contributed by atoms with van der Waals surface area (Å²) >= 11 is 0. The topological polar surface area (TPSA) is 93.4 Å². The fourth-order valence-electron chi connectivity index (χ4n) is 5.49. The van der Waals surface area contributed by atoms with E-state index in [1.807, 2.05) is 31.2 Å². The van der Waals surface area contributed by atoms with Gasteiger partial charge in [0, 0.05) is 63.1 Å². The van der Waals surface area contributed by atoms with Crippen molar-refractivity contribution in [2.45, 2.75) is 31.3 Å². The van der Waals surface area contributed by atoms with Crippen LogP contribution in [0.5, 0.6) is 0 Å². The lowest BCUT2D eigenvalue weighted by Crippen LogP contribution is -2.42. The average molecular weight is 565 g/mol. The molecule has 0 spiro atoms. The van der Waals surface area contributed by atoms with Crippen molar-refractivity contribution in [3.63, 3.8) is 0 Å². The first-order valence-corrected chi connectivity index (χ1v) is 13.6. The third kappa shape index (κ3) is 6.15. The number of carbonyl (C=O) groups is 1. The summed E-state index contributed by atoms with van der Waals surface area (Å²) < 4.78 is 36.3. The van der Waals surface area contributed by atoms with Gasteiger partial charge in [0.2, 0.25) is 5.56 Å². The summed E-state index contributed by atoms with van der Waals surface area (Å²) in [5.41, 5.74) is 2.66. The van der Waals surface area contributed by atoms with Crippen LogP contribution in [0.1, 0.15) is 29.5 Å². The lowest BCUT2D eigenvalue weighted by Gasteiger charge is -2.22. The number of urea groups is 1. The average Bonchev–Trinajstić information content (AvgIpc) is 3.51. The Hall–Kier alpha value is -4.09. The quantitative estimate of drug-likeness (QED) is 0.429. The van der Waals surface area contributed by atoms with Gasteiger partial charge in [0.25, 0.3) is 0 Å². The number of aryl methyl sites for hydroxylation is 1. The number of amides is 2. The summed E-state index contributed by atoms with van der Waals surface area (Å²) in [5.74, 6) is -1.53. The van der Waals surface area contributed by atoms with Crippen LogP contribution in [0.15, 0.2) is 65.6 Å². The Morgan fingerprint density at radius 1 is 1.15 bits per heavy atom. The van der Waals surface area contributed by atoms with Crippen LogP contribution < -0.4 is 16.2 Å². The molecule has 41 heavy (non-hydrogen) atoms. The molecule has 2 aromatic heterocycles. The number of likely N-dealkylation sites (tertiary alicyclic amines) is 1. The van der Waals surface area contributed by atoms with E-state index in [4.69, 9.17) is 9.84 Å². The number of benzene rings is 1. The third-order valence-corrected chi connectivity index (χ3v) is 7.71. The number of methoxy groups -OCH3 is 1. The van der Waals surface area contributed by atoms with Crippen molar-refractivity contribution in [1.82, 2.24) is 24.6 Å². The molecule has 2 aliphatic rings. The number of carbonyl (C=O) groups excluding carboxylic acids is 1. The van der Waals surface area contributed by atoms with Gasteiger partial charge in [-0.2, -0.15) is 5.10 Å². The third-order valence-electron chi connectivity index (χ3n) is 7.71. The summed E-state index contributed by atoms with van der Waals surface area (Å²) in [6, 6.07) is 6.21. The van der Waals surface area contributed by atoms with Gasteiger partial charge in [-0.3, -0.25) is 15.0 Å². The fraction of sp³-hybridized carbons (Fsp3) is 0.367. The molecule has 2 amide bonds. The lowest BCUT2D eigenvalue weighted by molar-refractivity contribution is 0.159. The molecule has 3 atom stereocenters. The molecule has 0 bridgehead atoms. The Morgan fingerprint density at radius 2 is 1.98 bits per heavy atom. The predicted molar refractivity (Wildman–Crippen MR) is 153 cm³/mol. The summed E-state index contributed by atoms with van der Waals surface area (Å²) in [6.07, 6.45) is 10.4. The van der Waals surface area contributed by atoms with Crippen LogP contribution in [-0.4, -0.2) is 64.7 Å². The number of ether oxygens (including phenoxy) is 1. The van der Waals surface area contributed by atoms with Crippen molar-refractivity contribution in [2.24, 2.45) is 7.05 Å². The normalized spacial score (nSPS) is 20.5. The zero-order chi connectivity index (χ0) is 29.1. The second kappa shape index (κ2) is 12.2. The first-order chi connectivity index (χ1) is 19.7. The smallest absolute Gasteiger partial charge is 0.320 e. The Balaban J connectivity index is 1.42. The van der Waals surface area contributed by atoms with Gasteiger partial charge in [0.15, 0.2) is 11.6 Å². The number of hydrogen-bond acceptors (Lipinski definition) is 5.